The standard InChI is InChI=1S/C21H27N3OS/c1-14-8-15(2)10-16(9-14)22-21(25)23-17-11-18-5-6-19(12-17)24(18)13-20-4-3-7-26-20/h3-4,7-10,17-19H,5-6,11-13H2,1-2H3,(H2,22,23,25). The highest BCUT2D eigenvalue weighted by Gasteiger charge is 2.41. The molecule has 4 rings (SSSR count). The summed E-state index contributed by atoms with van der Waals surface area (Å²) < 4.78 is 0. The second kappa shape index (κ2) is 7.41. The van der Waals surface area contributed by atoms with E-state index in [1.165, 1.54) is 28.8 Å². The highest BCUT2D eigenvalue weighted by molar-refractivity contribution is 7.09. The molecule has 0 saturated carbocycles. The molecule has 2 aliphatic rings. The number of hydrogen-bond acceptors (Lipinski definition) is 3. The van der Waals surface area contributed by atoms with Gasteiger partial charge in [-0.3, -0.25) is 4.90 Å². The topological polar surface area (TPSA) is 44.4 Å². The van der Waals surface area contributed by atoms with Crippen LogP contribution in [-0.2, 0) is 6.54 Å². The summed E-state index contributed by atoms with van der Waals surface area (Å²) in [6, 6.07) is 11.9. The van der Waals surface area contributed by atoms with E-state index >= 15 is 0 Å². The first-order valence-corrected chi connectivity index (χ1v) is 10.4. The number of carbonyl (C=O) groups is 1. The van der Waals surface area contributed by atoms with E-state index in [0.29, 0.717) is 12.1 Å². The van der Waals surface area contributed by atoms with E-state index in [0.717, 1.165) is 25.1 Å². The van der Waals surface area contributed by atoms with Gasteiger partial charge in [0.2, 0.25) is 0 Å². The van der Waals surface area contributed by atoms with Crippen LogP contribution in [0, 0.1) is 13.8 Å². The first-order chi connectivity index (χ1) is 12.6. The fourth-order valence-corrected chi connectivity index (χ4v) is 5.34. The van der Waals surface area contributed by atoms with Crippen LogP contribution in [0.15, 0.2) is 35.7 Å². The molecule has 138 valence electrons. The average molecular weight is 370 g/mol. The average Bonchev–Trinajstić information content (AvgIpc) is 3.14. The van der Waals surface area contributed by atoms with E-state index < -0.39 is 0 Å². The lowest BCUT2D eigenvalue weighted by Gasteiger charge is -2.39. The fourth-order valence-electron chi connectivity index (χ4n) is 4.63. The molecular weight excluding hydrogens is 342 g/mol. The van der Waals surface area contributed by atoms with Crippen molar-refractivity contribution < 1.29 is 4.79 Å². The van der Waals surface area contributed by atoms with E-state index in [2.05, 4.69) is 53.0 Å². The molecular formula is C21H27N3OS. The van der Waals surface area contributed by atoms with Gasteiger partial charge in [0, 0.05) is 35.2 Å². The van der Waals surface area contributed by atoms with Crippen molar-refractivity contribution in [3.63, 3.8) is 0 Å². The third kappa shape index (κ3) is 3.94. The number of aryl methyl sites for hydroxylation is 2. The molecule has 3 heterocycles. The van der Waals surface area contributed by atoms with Crippen LogP contribution >= 0.6 is 11.3 Å². The van der Waals surface area contributed by atoms with Crippen LogP contribution in [0.25, 0.3) is 0 Å². The Labute approximate surface area is 159 Å². The van der Waals surface area contributed by atoms with Crippen LogP contribution in [0.1, 0.15) is 41.7 Å². The number of urea groups is 1. The molecule has 2 fully saturated rings. The number of amides is 2. The number of anilines is 1. The van der Waals surface area contributed by atoms with Crippen LogP contribution in [0.2, 0.25) is 0 Å². The molecule has 2 atom stereocenters. The summed E-state index contributed by atoms with van der Waals surface area (Å²) in [7, 11) is 0. The summed E-state index contributed by atoms with van der Waals surface area (Å²) in [6.45, 7) is 5.17. The summed E-state index contributed by atoms with van der Waals surface area (Å²) in [5.74, 6) is 0. The number of rotatable bonds is 4. The monoisotopic (exact) mass is 369 g/mol. The van der Waals surface area contributed by atoms with Crippen LogP contribution in [0.4, 0.5) is 10.5 Å². The molecule has 4 nitrogen and oxygen atoms in total. The molecule has 26 heavy (non-hydrogen) atoms. The molecule has 2 amide bonds. The van der Waals surface area contributed by atoms with Crippen molar-refractivity contribution in [2.24, 2.45) is 0 Å². The highest BCUT2D eigenvalue weighted by atomic mass is 32.1. The minimum Gasteiger partial charge on any atom is -0.335 e. The largest absolute Gasteiger partial charge is 0.335 e. The second-order valence-electron chi connectivity index (χ2n) is 7.78. The van der Waals surface area contributed by atoms with Gasteiger partial charge >= 0.3 is 6.03 Å². The van der Waals surface area contributed by atoms with Crippen molar-refractivity contribution in [1.29, 1.82) is 0 Å². The highest BCUT2D eigenvalue weighted by Crippen LogP contribution is 2.37. The Morgan fingerprint density at radius 2 is 1.85 bits per heavy atom. The molecule has 1 aromatic carbocycles. The number of hydrogen-bond donors (Lipinski definition) is 2. The van der Waals surface area contributed by atoms with Crippen LogP contribution in [0.5, 0.6) is 0 Å². The molecule has 2 aliphatic heterocycles. The molecule has 0 radical (unpaired) electrons. The Bertz CT molecular complexity index is 739. The first-order valence-electron chi connectivity index (χ1n) is 9.51. The summed E-state index contributed by atoms with van der Waals surface area (Å²) in [5, 5.41) is 8.37. The number of carbonyl (C=O) groups excluding carboxylic acids is 1. The minimum absolute atomic E-state index is 0.0777. The Balaban J connectivity index is 1.33. The van der Waals surface area contributed by atoms with Gasteiger partial charge in [-0.1, -0.05) is 12.1 Å². The van der Waals surface area contributed by atoms with E-state index in [9.17, 15) is 4.79 Å². The van der Waals surface area contributed by atoms with Crippen molar-refractivity contribution in [3.05, 3.63) is 51.7 Å². The molecule has 2 bridgehead atoms. The van der Waals surface area contributed by atoms with E-state index in [4.69, 9.17) is 0 Å². The van der Waals surface area contributed by atoms with Gasteiger partial charge in [0.1, 0.15) is 0 Å². The number of nitrogens with zero attached hydrogens (tertiary/aromatic N) is 1. The zero-order chi connectivity index (χ0) is 18.1. The van der Waals surface area contributed by atoms with Gasteiger partial charge in [-0.05, 0) is 74.2 Å². The second-order valence-corrected chi connectivity index (χ2v) is 8.81. The Morgan fingerprint density at radius 1 is 1.15 bits per heavy atom. The van der Waals surface area contributed by atoms with Crippen molar-refractivity contribution in [3.8, 4) is 0 Å². The molecule has 2 unspecified atom stereocenters. The van der Waals surface area contributed by atoms with Gasteiger partial charge in [0.25, 0.3) is 0 Å². The number of piperidine rings is 1. The lowest BCUT2D eigenvalue weighted by molar-refractivity contribution is 0.113. The Hall–Kier alpha value is -1.85. The minimum atomic E-state index is -0.0777. The lowest BCUT2D eigenvalue weighted by Crippen LogP contribution is -2.50. The van der Waals surface area contributed by atoms with Crippen LogP contribution in [0.3, 0.4) is 0 Å². The van der Waals surface area contributed by atoms with Gasteiger partial charge in [0.15, 0.2) is 0 Å². The molecule has 0 aliphatic carbocycles. The smallest absolute Gasteiger partial charge is 0.319 e. The number of benzene rings is 1. The predicted octanol–water partition coefficient (Wildman–Crippen LogP) is 4.68. The third-order valence-corrected chi connectivity index (χ3v) is 6.48. The SMILES string of the molecule is Cc1cc(C)cc(NC(=O)NC2CC3CCC(C2)N3Cc2cccs2)c1. The molecule has 2 saturated heterocycles. The summed E-state index contributed by atoms with van der Waals surface area (Å²) >= 11 is 1.84. The van der Waals surface area contributed by atoms with Crippen molar-refractivity contribution in [2.45, 2.75) is 64.2 Å². The molecule has 2 N–H and O–H groups in total. The van der Waals surface area contributed by atoms with Crippen molar-refractivity contribution in [1.82, 2.24) is 10.2 Å². The van der Waals surface area contributed by atoms with Gasteiger partial charge in [-0.15, -0.1) is 11.3 Å². The summed E-state index contributed by atoms with van der Waals surface area (Å²) in [6.07, 6.45) is 4.63. The third-order valence-electron chi connectivity index (χ3n) is 5.62. The van der Waals surface area contributed by atoms with Gasteiger partial charge in [-0.25, -0.2) is 4.79 Å². The van der Waals surface area contributed by atoms with E-state index in [1.54, 1.807) is 0 Å². The molecule has 0 spiro atoms. The van der Waals surface area contributed by atoms with Gasteiger partial charge in [-0.2, -0.15) is 0 Å². The zero-order valence-corrected chi connectivity index (χ0v) is 16.3. The predicted molar refractivity (Wildman–Crippen MR) is 108 cm³/mol. The zero-order valence-electron chi connectivity index (χ0n) is 15.5. The number of fused-ring (bicyclic) bond motifs is 2. The Kier molecular flexibility index (Phi) is 5.00. The number of thiophene rings is 1. The maximum Gasteiger partial charge on any atom is 0.319 e. The van der Waals surface area contributed by atoms with Crippen molar-refractivity contribution >= 4 is 23.1 Å². The van der Waals surface area contributed by atoms with E-state index in [-0.39, 0.29) is 12.1 Å². The maximum absolute atomic E-state index is 12.4. The maximum atomic E-state index is 12.4. The van der Waals surface area contributed by atoms with Crippen LogP contribution < -0.4 is 10.6 Å². The fraction of sp³-hybridized carbons (Fsp3) is 0.476. The molecule has 5 heteroatoms. The quantitative estimate of drug-likeness (QED) is 0.822. The number of nitrogens with one attached hydrogen (secondary N) is 2. The molecule has 1 aromatic heterocycles. The van der Waals surface area contributed by atoms with E-state index in [1.807, 2.05) is 23.5 Å². The first kappa shape index (κ1) is 17.6. The Morgan fingerprint density at radius 3 is 2.46 bits per heavy atom. The van der Waals surface area contributed by atoms with Gasteiger partial charge < -0.3 is 10.6 Å². The van der Waals surface area contributed by atoms with Crippen molar-refractivity contribution in [2.75, 3.05) is 5.32 Å². The lowest BCUT2D eigenvalue weighted by atomic mass is 9.97. The summed E-state index contributed by atoms with van der Waals surface area (Å²) in [5.41, 5.74) is 3.21. The molecule has 2 aromatic rings. The summed E-state index contributed by atoms with van der Waals surface area (Å²) in [4.78, 5) is 16.5. The normalized spacial score (nSPS) is 25.2. The van der Waals surface area contributed by atoms with Gasteiger partial charge in [0.05, 0.1) is 0 Å². The van der Waals surface area contributed by atoms with Crippen LogP contribution in [-0.4, -0.2) is 29.1 Å².